The summed E-state index contributed by atoms with van der Waals surface area (Å²) >= 11 is 17.2. The standard InChI is InChI=1S/C12H8Cl3NO3S/c13-9-6-10(14)12(16-11(9)15)19-20(17,18)7-8-4-2-1-3-5-8/h1-6H,7H2. The van der Waals surface area contributed by atoms with E-state index in [1.165, 1.54) is 6.07 Å². The molecule has 0 fully saturated rings. The van der Waals surface area contributed by atoms with Crippen molar-refractivity contribution in [1.82, 2.24) is 4.98 Å². The van der Waals surface area contributed by atoms with E-state index >= 15 is 0 Å². The van der Waals surface area contributed by atoms with Crippen molar-refractivity contribution in [2.75, 3.05) is 0 Å². The van der Waals surface area contributed by atoms with Crippen LogP contribution in [0.1, 0.15) is 5.56 Å². The zero-order chi connectivity index (χ0) is 14.8. The summed E-state index contributed by atoms with van der Waals surface area (Å²) in [5, 5.41) is 0.00138. The maximum absolute atomic E-state index is 11.9. The molecule has 1 aromatic carbocycles. The molecule has 0 bridgehead atoms. The molecule has 0 unspecified atom stereocenters. The van der Waals surface area contributed by atoms with Gasteiger partial charge in [-0.1, -0.05) is 65.1 Å². The Balaban J connectivity index is 2.23. The van der Waals surface area contributed by atoms with E-state index in [0.29, 0.717) is 5.56 Å². The second kappa shape index (κ2) is 6.18. The van der Waals surface area contributed by atoms with E-state index < -0.39 is 10.1 Å². The third kappa shape index (κ3) is 3.99. The van der Waals surface area contributed by atoms with Crippen LogP contribution in [-0.2, 0) is 15.9 Å². The smallest absolute Gasteiger partial charge is 0.314 e. The van der Waals surface area contributed by atoms with Gasteiger partial charge in [0.15, 0.2) is 5.15 Å². The van der Waals surface area contributed by atoms with Crippen molar-refractivity contribution in [3.05, 3.63) is 57.2 Å². The minimum atomic E-state index is -3.89. The van der Waals surface area contributed by atoms with E-state index in [1.807, 2.05) is 0 Å². The molecule has 0 aliphatic carbocycles. The molecule has 8 heteroatoms. The molecule has 0 amide bonds. The van der Waals surface area contributed by atoms with Crippen molar-refractivity contribution >= 4 is 44.9 Å². The predicted octanol–water partition coefficient (Wildman–Crippen LogP) is 3.95. The van der Waals surface area contributed by atoms with E-state index in [2.05, 4.69) is 4.98 Å². The van der Waals surface area contributed by atoms with E-state index in [1.54, 1.807) is 30.3 Å². The summed E-state index contributed by atoms with van der Waals surface area (Å²) in [6.07, 6.45) is 0. The van der Waals surface area contributed by atoms with Crippen molar-refractivity contribution in [1.29, 1.82) is 0 Å². The molecule has 106 valence electrons. The van der Waals surface area contributed by atoms with Crippen LogP contribution in [0, 0.1) is 0 Å². The third-order valence-electron chi connectivity index (χ3n) is 2.25. The summed E-state index contributed by atoms with van der Waals surface area (Å²) in [6.45, 7) is 0. The molecule has 1 aromatic heterocycles. The number of benzene rings is 1. The minimum Gasteiger partial charge on any atom is -0.360 e. The molecule has 0 saturated carbocycles. The fraction of sp³-hybridized carbons (Fsp3) is 0.0833. The first-order valence-electron chi connectivity index (χ1n) is 5.35. The topological polar surface area (TPSA) is 56.3 Å². The molecule has 0 spiro atoms. The summed E-state index contributed by atoms with van der Waals surface area (Å²) in [5.41, 5.74) is 0.587. The van der Waals surface area contributed by atoms with Gasteiger partial charge in [0.05, 0.1) is 5.02 Å². The molecule has 1 heterocycles. The van der Waals surface area contributed by atoms with Crippen molar-refractivity contribution in [3.63, 3.8) is 0 Å². The largest absolute Gasteiger partial charge is 0.360 e. The molecule has 0 saturated heterocycles. The van der Waals surface area contributed by atoms with Gasteiger partial charge in [-0.2, -0.15) is 13.4 Å². The number of pyridine rings is 1. The Hall–Kier alpha value is -1.01. The molecule has 0 N–H and O–H groups in total. The van der Waals surface area contributed by atoms with Crippen LogP contribution in [0.2, 0.25) is 15.2 Å². The SMILES string of the molecule is O=S(=O)(Cc1ccccc1)Oc1nc(Cl)c(Cl)cc1Cl. The molecule has 20 heavy (non-hydrogen) atoms. The lowest BCUT2D eigenvalue weighted by molar-refractivity contribution is 0.475. The molecule has 2 rings (SSSR count). The first-order valence-corrected chi connectivity index (χ1v) is 8.06. The van der Waals surface area contributed by atoms with Crippen molar-refractivity contribution in [2.45, 2.75) is 5.75 Å². The summed E-state index contributed by atoms with van der Waals surface area (Å²) in [6, 6.07) is 9.86. The lowest BCUT2D eigenvalue weighted by Gasteiger charge is -2.08. The maximum atomic E-state index is 11.9. The summed E-state index contributed by atoms with van der Waals surface area (Å²) in [5.74, 6) is -0.594. The van der Waals surface area contributed by atoms with Gasteiger partial charge in [0.1, 0.15) is 10.8 Å². The summed E-state index contributed by atoms with van der Waals surface area (Å²) < 4.78 is 28.7. The number of aromatic nitrogens is 1. The maximum Gasteiger partial charge on any atom is 0.314 e. The van der Waals surface area contributed by atoms with Crippen molar-refractivity contribution in [3.8, 4) is 5.88 Å². The number of hydrogen-bond acceptors (Lipinski definition) is 4. The first-order chi connectivity index (χ1) is 9.37. The molecular formula is C12H8Cl3NO3S. The van der Waals surface area contributed by atoms with Crippen LogP contribution in [0.5, 0.6) is 5.88 Å². The Morgan fingerprint density at radius 1 is 1.05 bits per heavy atom. The normalized spacial score (nSPS) is 11.3. The van der Waals surface area contributed by atoms with E-state index in [4.69, 9.17) is 39.0 Å². The van der Waals surface area contributed by atoms with Gasteiger partial charge in [0, 0.05) is 0 Å². The lowest BCUT2D eigenvalue weighted by Crippen LogP contribution is -2.13. The van der Waals surface area contributed by atoms with Crippen LogP contribution in [-0.4, -0.2) is 13.4 Å². The molecule has 4 nitrogen and oxygen atoms in total. The Morgan fingerprint density at radius 2 is 1.70 bits per heavy atom. The molecule has 0 aliphatic rings. The number of halogens is 3. The third-order valence-corrected chi connectivity index (χ3v) is 4.29. The van der Waals surface area contributed by atoms with Crippen LogP contribution < -0.4 is 4.18 Å². The summed E-state index contributed by atoms with van der Waals surface area (Å²) in [4.78, 5) is 3.70. The number of hydrogen-bond donors (Lipinski definition) is 0. The van der Waals surface area contributed by atoms with Gasteiger partial charge in [0.2, 0.25) is 0 Å². The van der Waals surface area contributed by atoms with E-state index in [0.717, 1.165) is 0 Å². The van der Waals surface area contributed by atoms with E-state index in [-0.39, 0.29) is 26.8 Å². The molecule has 0 atom stereocenters. The molecule has 2 aromatic rings. The monoisotopic (exact) mass is 351 g/mol. The van der Waals surface area contributed by atoms with Gasteiger partial charge in [0.25, 0.3) is 5.88 Å². The first kappa shape index (κ1) is 15.4. The second-order valence-electron chi connectivity index (χ2n) is 3.82. The van der Waals surface area contributed by atoms with Gasteiger partial charge in [-0.15, -0.1) is 0 Å². The van der Waals surface area contributed by atoms with Crippen molar-refractivity contribution < 1.29 is 12.6 Å². The predicted molar refractivity (Wildman–Crippen MR) is 79.0 cm³/mol. The second-order valence-corrected chi connectivity index (χ2v) is 6.56. The van der Waals surface area contributed by atoms with Gasteiger partial charge in [-0.25, -0.2) is 0 Å². The lowest BCUT2D eigenvalue weighted by atomic mass is 10.2. The van der Waals surface area contributed by atoms with Crippen LogP contribution in [0.25, 0.3) is 0 Å². The van der Waals surface area contributed by atoms with Crippen LogP contribution >= 0.6 is 34.8 Å². The van der Waals surface area contributed by atoms with Gasteiger partial charge < -0.3 is 4.18 Å². The average Bonchev–Trinajstić information content (AvgIpc) is 2.36. The van der Waals surface area contributed by atoms with Crippen LogP contribution in [0.15, 0.2) is 36.4 Å². The van der Waals surface area contributed by atoms with E-state index in [9.17, 15) is 8.42 Å². The highest BCUT2D eigenvalue weighted by Crippen LogP contribution is 2.31. The zero-order valence-electron chi connectivity index (χ0n) is 9.89. The van der Waals surface area contributed by atoms with Gasteiger partial charge in [-0.3, -0.25) is 0 Å². The zero-order valence-corrected chi connectivity index (χ0v) is 13.0. The highest BCUT2D eigenvalue weighted by Gasteiger charge is 2.18. The molecular weight excluding hydrogens is 345 g/mol. The van der Waals surface area contributed by atoms with Gasteiger partial charge in [-0.05, 0) is 11.6 Å². The van der Waals surface area contributed by atoms with Gasteiger partial charge >= 0.3 is 10.1 Å². The van der Waals surface area contributed by atoms with Crippen molar-refractivity contribution in [2.24, 2.45) is 0 Å². The number of nitrogens with zero attached hydrogens (tertiary/aromatic N) is 1. The quantitative estimate of drug-likeness (QED) is 0.617. The Bertz CT molecular complexity index is 720. The highest BCUT2D eigenvalue weighted by molar-refractivity contribution is 7.86. The molecule has 0 radical (unpaired) electrons. The summed E-state index contributed by atoms with van der Waals surface area (Å²) in [7, 11) is -3.89. The Kier molecular flexibility index (Phi) is 4.75. The van der Waals surface area contributed by atoms with Crippen LogP contribution in [0.4, 0.5) is 0 Å². The number of rotatable bonds is 4. The molecule has 0 aliphatic heterocycles. The highest BCUT2D eigenvalue weighted by atomic mass is 35.5. The Morgan fingerprint density at radius 3 is 2.35 bits per heavy atom. The fourth-order valence-electron chi connectivity index (χ4n) is 1.42. The van der Waals surface area contributed by atoms with Crippen LogP contribution in [0.3, 0.4) is 0 Å². The average molecular weight is 353 g/mol. The fourth-order valence-corrected chi connectivity index (χ4v) is 3.02. The minimum absolute atomic E-state index is 0.0314. The Labute approximate surface area is 131 Å².